The Kier molecular flexibility index (Phi) is 5.41. The van der Waals surface area contributed by atoms with E-state index < -0.39 is 6.04 Å². The molecular formula is C12H23N3O2. The summed E-state index contributed by atoms with van der Waals surface area (Å²) in [5.41, 5.74) is 0. The van der Waals surface area contributed by atoms with Gasteiger partial charge in [0.2, 0.25) is 11.8 Å². The van der Waals surface area contributed by atoms with Crippen molar-refractivity contribution in [3.8, 4) is 0 Å². The Hall–Kier alpha value is -1.10. The average Bonchev–Trinajstić information content (AvgIpc) is 2.29. The van der Waals surface area contributed by atoms with Crippen LogP contribution in [0.5, 0.6) is 0 Å². The molecule has 17 heavy (non-hydrogen) atoms. The van der Waals surface area contributed by atoms with E-state index in [0.29, 0.717) is 12.6 Å². The minimum atomic E-state index is -0.451. The van der Waals surface area contributed by atoms with Crippen LogP contribution in [0, 0.1) is 5.92 Å². The fraction of sp³-hybridized carbons (Fsp3) is 0.833. The van der Waals surface area contributed by atoms with Crippen molar-refractivity contribution in [2.24, 2.45) is 5.92 Å². The first-order chi connectivity index (χ1) is 8.04. The molecule has 0 spiro atoms. The predicted molar refractivity (Wildman–Crippen MR) is 66.5 cm³/mol. The molecule has 0 radical (unpaired) electrons. The Morgan fingerprint density at radius 3 is 2.76 bits per heavy atom. The van der Waals surface area contributed by atoms with E-state index in [2.05, 4.69) is 22.9 Å². The fourth-order valence-corrected chi connectivity index (χ4v) is 2.09. The molecule has 1 saturated heterocycles. The summed E-state index contributed by atoms with van der Waals surface area (Å²) in [6, 6.07) is -0.0769. The number of hydrogen-bond acceptors (Lipinski definition) is 3. The van der Waals surface area contributed by atoms with Gasteiger partial charge in [0, 0.05) is 18.5 Å². The van der Waals surface area contributed by atoms with Gasteiger partial charge in [-0.25, -0.2) is 0 Å². The third kappa shape index (κ3) is 4.34. The first-order valence-corrected chi connectivity index (χ1v) is 6.36. The second-order valence-corrected chi connectivity index (χ2v) is 4.70. The fourth-order valence-electron chi connectivity index (χ4n) is 2.09. The van der Waals surface area contributed by atoms with Crippen molar-refractivity contribution in [1.82, 2.24) is 16.0 Å². The Labute approximate surface area is 103 Å². The molecule has 0 aromatic heterocycles. The van der Waals surface area contributed by atoms with Gasteiger partial charge in [0.1, 0.15) is 6.04 Å². The van der Waals surface area contributed by atoms with Crippen LogP contribution in [0.4, 0.5) is 0 Å². The molecule has 1 heterocycles. The third-order valence-corrected chi connectivity index (χ3v) is 3.10. The molecule has 0 saturated carbocycles. The zero-order valence-corrected chi connectivity index (χ0v) is 10.9. The zero-order chi connectivity index (χ0) is 12.8. The van der Waals surface area contributed by atoms with Crippen molar-refractivity contribution in [1.29, 1.82) is 0 Å². The number of nitrogens with one attached hydrogen (secondary N) is 3. The summed E-state index contributed by atoms with van der Waals surface area (Å²) in [7, 11) is 0. The number of likely N-dealkylation sites (N-methyl/N-ethyl adjacent to an activating group) is 1. The Bertz CT molecular complexity index is 281. The SMILES string of the molecule is CCNC(=O)C(C)NC(=O)C1CCNC(C)C1. The topological polar surface area (TPSA) is 70.2 Å². The summed E-state index contributed by atoms with van der Waals surface area (Å²) in [4.78, 5) is 23.4. The van der Waals surface area contributed by atoms with Gasteiger partial charge < -0.3 is 16.0 Å². The maximum atomic E-state index is 11.9. The van der Waals surface area contributed by atoms with Gasteiger partial charge in [0.05, 0.1) is 0 Å². The minimum absolute atomic E-state index is 0.00268. The van der Waals surface area contributed by atoms with E-state index in [1.807, 2.05) is 6.92 Å². The molecule has 3 atom stereocenters. The van der Waals surface area contributed by atoms with Crippen molar-refractivity contribution in [2.45, 2.75) is 45.7 Å². The lowest BCUT2D eigenvalue weighted by molar-refractivity contribution is -0.131. The molecule has 0 aromatic carbocycles. The van der Waals surface area contributed by atoms with Crippen LogP contribution in [0.25, 0.3) is 0 Å². The average molecular weight is 241 g/mol. The highest BCUT2D eigenvalue weighted by molar-refractivity contribution is 5.88. The quantitative estimate of drug-likeness (QED) is 0.649. The maximum Gasteiger partial charge on any atom is 0.242 e. The van der Waals surface area contributed by atoms with E-state index in [1.54, 1.807) is 6.92 Å². The van der Waals surface area contributed by atoms with E-state index in [9.17, 15) is 9.59 Å². The second-order valence-electron chi connectivity index (χ2n) is 4.70. The molecule has 1 rings (SSSR count). The monoisotopic (exact) mass is 241 g/mol. The van der Waals surface area contributed by atoms with Gasteiger partial charge in [-0.15, -0.1) is 0 Å². The number of amides is 2. The highest BCUT2D eigenvalue weighted by Crippen LogP contribution is 2.16. The molecule has 5 nitrogen and oxygen atoms in total. The maximum absolute atomic E-state index is 11.9. The first-order valence-electron chi connectivity index (χ1n) is 6.36. The summed E-state index contributed by atoms with van der Waals surface area (Å²) < 4.78 is 0. The van der Waals surface area contributed by atoms with Gasteiger partial charge in [-0.3, -0.25) is 9.59 Å². The molecule has 0 bridgehead atoms. The van der Waals surface area contributed by atoms with Gasteiger partial charge in [0.15, 0.2) is 0 Å². The van der Waals surface area contributed by atoms with Gasteiger partial charge in [0.25, 0.3) is 0 Å². The smallest absolute Gasteiger partial charge is 0.242 e. The standard InChI is InChI=1S/C12H23N3O2/c1-4-13-11(16)9(3)15-12(17)10-5-6-14-8(2)7-10/h8-10,14H,4-7H2,1-3H3,(H,13,16)(H,15,17). The van der Waals surface area contributed by atoms with Crippen molar-refractivity contribution < 1.29 is 9.59 Å². The molecule has 0 aromatic rings. The molecule has 2 amide bonds. The highest BCUT2D eigenvalue weighted by Gasteiger charge is 2.26. The highest BCUT2D eigenvalue weighted by atomic mass is 16.2. The number of piperidine rings is 1. The summed E-state index contributed by atoms with van der Waals surface area (Å²) in [5.74, 6) is -0.0944. The van der Waals surface area contributed by atoms with E-state index in [4.69, 9.17) is 0 Å². The van der Waals surface area contributed by atoms with Gasteiger partial charge in [-0.2, -0.15) is 0 Å². The van der Waals surface area contributed by atoms with Gasteiger partial charge >= 0.3 is 0 Å². The number of rotatable bonds is 4. The second kappa shape index (κ2) is 6.59. The lowest BCUT2D eigenvalue weighted by Gasteiger charge is -2.28. The molecule has 1 aliphatic rings. The van der Waals surface area contributed by atoms with E-state index in [0.717, 1.165) is 19.4 Å². The molecule has 3 unspecified atom stereocenters. The Morgan fingerprint density at radius 1 is 1.47 bits per heavy atom. The molecule has 1 aliphatic heterocycles. The summed E-state index contributed by atoms with van der Waals surface area (Å²) in [5, 5.41) is 8.78. The Balaban J connectivity index is 2.40. The summed E-state index contributed by atoms with van der Waals surface area (Å²) >= 11 is 0. The molecule has 1 fully saturated rings. The van der Waals surface area contributed by atoms with Gasteiger partial charge in [-0.05, 0) is 40.2 Å². The van der Waals surface area contributed by atoms with Crippen LogP contribution in [0.1, 0.15) is 33.6 Å². The normalized spacial score (nSPS) is 26.1. The molecule has 3 N–H and O–H groups in total. The van der Waals surface area contributed by atoms with Crippen molar-refractivity contribution >= 4 is 11.8 Å². The van der Waals surface area contributed by atoms with E-state index in [-0.39, 0.29) is 17.7 Å². The van der Waals surface area contributed by atoms with Gasteiger partial charge in [-0.1, -0.05) is 0 Å². The van der Waals surface area contributed by atoms with Crippen LogP contribution in [-0.4, -0.2) is 37.0 Å². The van der Waals surface area contributed by atoms with Crippen LogP contribution in [-0.2, 0) is 9.59 Å². The molecule has 5 heteroatoms. The first kappa shape index (κ1) is 14.0. The van der Waals surface area contributed by atoms with E-state index in [1.165, 1.54) is 0 Å². The van der Waals surface area contributed by atoms with Crippen LogP contribution >= 0.6 is 0 Å². The predicted octanol–water partition coefficient (Wildman–Crippen LogP) is 0.0153. The Morgan fingerprint density at radius 2 is 2.18 bits per heavy atom. The minimum Gasteiger partial charge on any atom is -0.355 e. The number of carbonyl (C=O) groups is 2. The van der Waals surface area contributed by atoms with E-state index >= 15 is 0 Å². The largest absolute Gasteiger partial charge is 0.355 e. The van der Waals surface area contributed by atoms with Crippen LogP contribution < -0.4 is 16.0 Å². The number of hydrogen-bond donors (Lipinski definition) is 3. The zero-order valence-electron chi connectivity index (χ0n) is 10.9. The summed E-state index contributed by atoms with van der Waals surface area (Å²) in [6.45, 7) is 7.11. The summed E-state index contributed by atoms with van der Waals surface area (Å²) in [6.07, 6.45) is 1.69. The molecule has 0 aliphatic carbocycles. The van der Waals surface area contributed by atoms with Crippen LogP contribution in [0.2, 0.25) is 0 Å². The lowest BCUT2D eigenvalue weighted by atomic mass is 9.92. The van der Waals surface area contributed by atoms with Crippen LogP contribution in [0.15, 0.2) is 0 Å². The van der Waals surface area contributed by atoms with Crippen molar-refractivity contribution in [3.63, 3.8) is 0 Å². The molecule has 98 valence electrons. The number of carbonyl (C=O) groups excluding carboxylic acids is 2. The van der Waals surface area contributed by atoms with Crippen molar-refractivity contribution in [2.75, 3.05) is 13.1 Å². The van der Waals surface area contributed by atoms with Crippen LogP contribution in [0.3, 0.4) is 0 Å². The third-order valence-electron chi connectivity index (χ3n) is 3.10. The molecular weight excluding hydrogens is 218 g/mol. The lowest BCUT2D eigenvalue weighted by Crippen LogP contribution is -2.49. The van der Waals surface area contributed by atoms with Crippen molar-refractivity contribution in [3.05, 3.63) is 0 Å².